The summed E-state index contributed by atoms with van der Waals surface area (Å²) in [7, 11) is 0. The molecule has 0 aliphatic carbocycles. The number of nitrogens with zero attached hydrogens (tertiary/aromatic N) is 1. The number of benzene rings is 2. The number of hydrogen-bond donors (Lipinski definition) is 2. The van der Waals surface area contributed by atoms with Crippen molar-refractivity contribution in [2.75, 3.05) is 13.1 Å². The molecule has 148 valence electrons. The lowest BCUT2D eigenvalue weighted by Gasteiger charge is -2.29. The summed E-state index contributed by atoms with van der Waals surface area (Å²) in [6, 6.07) is 13.5. The van der Waals surface area contributed by atoms with Gasteiger partial charge in [0.25, 0.3) is 0 Å². The van der Waals surface area contributed by atoms with Crippen molar-refractivity contribution in [2.45, 2.75) is 32.2 Å². The SMILES string of the molecule is Cc1c(O)ccc2c(C[NH+]3CCC[C@@H](c4nc5ccccc5s4)C3)cc(=O)oc12. The van der Waals surface area contributed by atoms with Crippen LogP contribution >= 0.6 is 11.3 Å². The smallest absolute Gasteiger partial charge is 0.336 e. The summed E-state index contributed by atoms with van der Waals surface area (Å²) < 4.78 is 6.64. The molecule has 1 saturated heterocycles. The Morgan fingerprint density at radius 3 is 3.00 bits per heavy atom. The fourth-order valence-corrected chi connectivity index (χ4v) is 5.52. The number of fused-ring (bicyclic) bond motifs is 2. The molecule has 5 rings (SSSR count). The summed E-state index contributed by atoms with van der Waals surface area (Å²) in [5.41, 5.74) is 2.82. The lowest BCUT2D eigenvalue weighted by atomic mass is 9.97. The largest absolute Gasteiger partial charge is 0.508 e. The highest BCUT2D eigenvalue weighted by atomic mass is 32.1. The molecule has 29 heavy (non-hydrogen) atoms. The second kappa shape index (κ2) is 7.28. The van der Waals surface area contributed by atoms with Crippen molar-refractivity contribution in [3.8, 4) is 5.75 Å². The zero-order valence-corrected chi connectivity index (χ0v) is 17.1. The van der Waals surface area contributed by atoms with Gasteiger partial charge in [-0.25, -0.2) is 9.78 Å². The van der Waals surface area contributed by atoms with Gasteiger partial charge in [-0.2, -0.15) is 0 Å². The molecule has 4 aromatic rings. The van der Waals surface area contributed by atoms with E-state index in [-0.39, 0.29) is 11.4 Å². The van der Waals surface area contributed by atoms with Crippen LogP contribution in [0.15, 0.2) is 51.7 Å². The summed E-state index contributed by atoms with van der Waals surface area (Å²) >= 11 is 1.80. The van der Waals surface area contributed by atoms with E-state index in [0.29, 0.717) is 17.1 Å². The van der Waals surface area contributed by atoms with Crippen LogP contribution < -0.4 is 10.5 Å². The normalized spacial score (nSPS) is 19.8. The number of rotatable bonds is 3. The van der Waals surface area contributed by atoms with E-state index >= 15 is 0 Å². The molecule has 1 aliphatic rings. The van der Waals surface area contributed by atoms with Crippen LogP contribution in [0.25, 0.3) is 21.2 Å². The maximum absolute atomic E-state index is 12.1. The van der Waals surface area contributed by atoms with Gasteiger partial charge in [-0.1, -0.05) is 12.1 Å². The number of aromatic nitrogens is 1. The van der Waals surface area contributed by atoms with Gasteiger partial charge in [0.1, 0.15) is 22.9 Å². The Bertz CT molecular complexity index is 1230. The molecule has 2 aromatic carbocycles. The summed E-state index contributed by atoms with van der Waals surface area (Å²) in [6.45, 7) is 4.65. The number of aromatic hydroxyl groups is 1. The Balaban J connectivity index is 1.43. The molecule has 5 nitrogen and oxygen atoms in total. The van der Waals surface area contributed by atoms with Crippen LogP contribution in [0.1, 0.15) is 34.9 Å². The number of phenols is 1. The van der Waals surface area contributed by atoms with E-state index in [1.807, 2.05) is 12.1 Å². The van der Waals surface area contributed by atoms with E-state index in [4.69, 9.17) is 9.40 Å². The molecule has 0 spiro atoms. The van der Waals surface area contributed by atoms with Crippen LogP contribution in [0.2, 0.25) is 0 Å². The molecule has 0 amide bonds. The zero-order valence-electron chi connectivity index (χ0n) is 16.3. The molecular weight excluding hydrogens is 384 g/mol. The van der Waals surface area contributed by atoms with Crippen molar-refractivity contribution in [1.29, 1.82) is 0 Å². The molecule has 0 bridgehead atoms. The first-order chi connectivity index (χ1) is 14.1. The van der Waals surface area contributed by atoms with Crippen LogP contribution in [0.5, 0.6) is 5.75 Å². The number of nitrogens with one attached hydrogen (secondary N) is 1. The van der Waals surface area contributed by atoms with Gasteiger partial charge in [0.15, 0.2) is 0 Å². The Morgan fingerprint density at radius 1 is 1.28 bits per heavy atom. The second-order valence-electron chi connectivity index (χ2n) is 7.92. The number of hydrogen-bond acceptors (Lipinski definition) is 5. The minimum atomic E-state index is -0.361. The van der Waals surface area contributed by atoms with Crippen LogP contribution in [-0.4, -0.2) is 23.2 Å². The van der Waals surface area contributed by atoms with Crippen LogP contribution in [0.4, 0.5) is 0 Å². The standard InChI is InChI=1S/C23H22N2O3S/c1-14-19(26)9-8-17-16(11-21(27)28-22(14)17)13-25-10-4-5-15(12-25)23-24-18-6-2-3-7-20(18)29-23/h2-3,6-9,11,15,26H,4-5,10,12-13H2,1H3/p+1/t15-/m1/s1. The molecule has 2 aromatic heterocycles. The molecule has 0 saturated carbocycles. The second-order valence-corrected chi connectivity index (χ2v) is 8.98. The van der Waals surface area contributed by atoms with Crippen molar-refractivity contribution in [3.63, 3.8) is 0 Å². The quantitative estimate of drug-likeness (QED) is 0.511. The number of aryl methyl sites for hydroxylation is 1. The molecule has 2 atom stereocenters. The molecule has 6 heteroatoms. The third-order valence-corrected chi connectivity index (χ3v) is 7.13. The Kier molecular flexibility index (Phi) is 4.60. The molecule has 0 radical (unpaired) electrons. The highest BCUT2D eigenvalue weighted by Crippen LogP contribution is 2.31. The van der Waals surface area contributed by atoms with Crippen LogP contribution in [0.3, 0.4) is 0 Å². The first kappa shape index (κ1) is 18.3. The van der Waals surface area contributed by atoms with E-state index in [1.165, 1.54) is 14.6 Å². The van der Waals surface area contributed by atoms with Crippen molar-refractivity contribution in [1.82, 2.24) is 4.98 Å². The predicted molar refractivity (Wildman–Crippen MR) is 115 cm³/mol. The molecular formula is C23H23N2O3S+. The fraction of sp³-hybridized carbons (Fsp3) is 0.304. The highest BCUT2D eigenvalue weighted by Gasteiger charge is 2.27. The predicted octanol–water partition coefficient (Wildman–Crippen LogP) is 3.38. The zero-order chi connectivity index (χ0) is 20.0. The van der Waals surface area contributed by atoms with Crippen molar-refractivity contribution in [2.24, 2.45) is 0 Å². The van der Waals surface area contributed by atoms with Gasteiger partial charge < -0.3 is 14.4 Å². The number of phenolic OH excluding ortho intramolecular Hbond substituents is 1. The topological polar surface area (TPSA) is 67.8 Å². The van der Waals surface area contributed by atoms with Gasteiger partial charge in [-0.05, 0) is 44.0 Å². The molecule has 2 N–H and O–H groups in total. The summed E-state index contributed by atoms with van der Waals surface area (Å²) in [6.07, 6.45) is 2.31. The maximum atomic E-state index is 12.1. The minimum Gasteiger partial charge on any atom is -0.508 e. The number of piperidine rings is 1. The first-order valence-corrected chi connectivity index (χ1v) is 10.8. The highest BCUT2D eigenvalue weighted by molar-refractivity contribution is 7.18. The van der Waals surface area contributed by atoms with Gasteiger partial charge in [0.05, 0.1) is 29.2 Å². The van der Waals surface area contributed by atoms with Crippen LogP contribution in [0, 0.1) is 6.92 Å². The Hall–Kier alpha value is -2.70. The van der Waals surface area contributed by atoms with Crippen LogP contribution in [-0.2, 0) is 6.54 Å². The minimum absolute atomic E-state index is 0.152. The summed E-state index contributed by atoms with van der Waals surface area (Å²) in [5, 5.41) is 12.1. The molecule has 1 unspecified atom stereocenters. The van der Waals surface area contributed by atoms with E-state index < -0.39 is 0 Å². The van der Waals surface area contributed by atoms with E-state index in [2.05, 4.69) is 18.2 Å². The fourth-order valence-electron chi connectivity index (χ4n) is 4.42. The lowest BCUT2D eigenvalue weighted by Crippen LogP contribution is -3.12. The van der Waals surface area contributed by atoms with Gasteiger partial charge >= 0.3 is 5.63 Å². The van der Waals surface area contributed by atoms with E-state index in [1.54, 1.807) is 30.4 Å². The van der Waals surface area contributed by atoms with Crippen molar-refractivity contribution >= 4 is 32.5 Å². The number of likely N-dealkylation sites (tertiary alicyclic amines) is 1. The number of quaternary nitrogens is 1. The van der Waals surface area contributed by atoms with E-state index in [9.17, 15) is 9.90 Å². The average molecular weight is 408 g/mol. The summed E-state index contributed by atoms with van der Waals surface area (Å²) in [5.74, 6) is 0.604. The molecule has 1 aliphatic heterocycles. The lowest BCUT2D eigenvalue weighted by molar-refractivity contribution is -0.919. The molecule has 1 fully saturated rings. The van der Waals surface area contributed by atoms with Crippen molar-refractivity contribution < 1.29 is 14.4 Å². The van der Waals surface area contributed by atoms with Gasteiger partial charge in [-0.15, -0.1) is 11.3 Å². The average Bonchev–Trinajstić information content (AvgIpc) is 3.16. The number of thiazole rings is 1. The van der Waals surface area contributed by atoms with Crippen molar-refractivity contribution in [3.05, 3.63) is 69.0 Å². The van der Waals surface area contributed by atoms with Gasteiger partial charge in [0, 0.05) is 22.6 Å². The molecule has 3 heterocycles. The Labute approximate surface area is 172 Å². The summed E-state index contributed by atoms with van der Waals surface area (Å²) in [4.78, 5) is 18.5. The number of para-hydroxylation sites is 1. The maximum Gasteiger partial charge on any atom is 0.336 e. The third kappa shape index (κ3) is 3.43. The first-order valence-electron chi connectivity index (χ1n) is 10.0. The Morgan fingerprint density at radius 2 is 2.14 bits per heavy atom. The van der Waals surface area contributed by atoms with E-state index in [0.717, 1.165) is 48.9 Å². The third-order valence-electron chi connectivity index (χ3n) is 5.94. The monoisotopic (exact) mass is 407 g/mol. The van der Waals surface area contributed by atoms with Gasteiger partial charge in [0.2, 0.25) is 0 Å². The van der Waals surface area contributed by atoms with Gasteiger partial charge in [-0.3, -0.25) is 0 Å².